The molecule has 1 aromatic heterocycles. The lowest BCUT2D eigenvalue weighted by Gasteiger charge is -2.05. The van der Waals surface area contributed by atoms with E-state index < -0.39 is 21.0 Å². The molecule has 0 aliphatic rings. The Morgan fingerprint density at radius 3 is 2.40 bits per heavy atom. The van der Waals surface area contributed by atoms with E-state index in [0.717, 1.165) is 11.3 Å². The highest BCUT2D eigenvalue weighted by Gasteiger charge is 2.26. The monoisotopic (exact) mass is 267 g/mol. The van der Waals surface area contributed by atoms with E-state index in [-0.39, 0.29) is 14.8 Å². The molecular weight excluding hydrogens is 258 g/mol. The van der Waals surface area contributed by atoms with Crippen molar-refractivity contribution < 1.29 is 13.2 Å². The molecule has 2 N–H and O–H groups in total. The lowest BCUT2D eigenvalue weighted by Crippen LogP contribution is -2.14. The number of thiophene rings is 1. The normalized spacial score (nSPS) is 12.0. The van der Waals surface area contributed by atoms with Crippen molar-refractivity contribution in [1.82, 2.24) is 0 Å². The SMILES string of the molecule is CC(C)S(=O)(=O)c1csc(C(N)=O)c1Cl. The van der Waals surface area contributed by atoms with Crippen LogP contribution in [-0.4, -0.2) is 19.6 Å². The smallest absolute Gasteiger partial charge is 0.260 e. The summed E-state index contributed by atoms with van der Waals surface area (Å²) in [6, 6.07) is 0. The van der Waals surface area contributed by atoms with Gasteiger partial charge in [-0.15, -0.1) is 11.3 Å². The summed E-state index contributed by atoms with van der Waals surface area (Å²) >= 11 is 6.72. The largest absolute Gasteiger partial charge is 0.365 e. The predicted octanol–water partition coefficient (Wildman–Crippen LogP) is 1.68. The zero-order valence-corrected chi connectivity index (χ0v) is 10.5. The maximum Gasteiger partial charge on any atom is 0.260 e. The topological polar surface area (TPSA) is 77.2 Å². The van der Waals surface area contributed by atoms with Crippen molar-refractivity contribution in [1.29, 1.82) is 0 Å². The van der Waals surface area contributed by atoms with Gasteiger partial charge in [0, 0.05) is 5.38 Å². The van der Waals surface area contributed by atoms with E-state index in [2.05, 4.69) is 0 Å². The first-order chi connectivity index (χ1) is 6.78. The van der Waals surface area contributed by atoms with E-state index >= 15 is 0 Å². The van der Waals surface area contributed by atoms with Crippen molar-refractivity contribution in [3.63, 3.8) is 0 Å². The molecule has 1 amide bonds. The Bertz CT molecular complexity index is 490. The van der Waals surface area contributed by atoms with Crippen LogP contribution in [0.25, 0.3) is 0 Å². The van der Waals surface area contributed by atoms with Crippen LogP contribution in [0.3, 0.4) is 0 Å². The molecular formula is C8H10ClNO3S2. The summed E-state index contributed by atoms with van der Waals surface area (Å²) in [6.45, 7) is 3.10. The Hall–Kier alpha value is -0.590. The van der Waals surface area contributed by atoms with Crippen molar-refractivity contribution in [3.05, 3.63) is 15.3 Å². The minimum absolute atomic E-state index is 0.0158. The summed E-state index contributed by atoms with van der Waals surface area (Å²) in [5, 5.41) is 0.698. The molecule has 0 aliphatic heterocycles. The summed E-state index contributed by atoms with van der Waals surface area (Å²) in [5.74, 6) is -0.713. The number of carbonyl (C=O) groups excluding carboxylic acids is 1. The molecule has 0 aromatic carbocycles. The van der Waals surface area contributed by atoms with Crippen molar-refractivity contribution >= 4 is 38.7 Å². The van der Waals surface area contributed by atoms with Crippen molar-refractivity contribution in [2.24, 2.45) is 5.73 Å². The van der Waals surface area contributed by atoms with Crippen LogP contribution in [0.4, 0.5) is 0 Å². The van der Waals surface area contributed by atoms with Gasteiger partial charge in [-0.3, -0.25) is 4.79 Å². The number of rotatable bonds is 3. The minimum Gasteiger partial charge on any atom is -0.365 e. The Morgan fingerprint density at radius 2 is 2.07 bits per heavy atom. The van der Waals surface area contributed by atoms with Gasteiger partial charge in [-0.05, 0) is 13.8 Å². The molecule has 0 bridgehead atoms. The standard InChI is InChI=1S/C8H10ClNO3S2/c1-4(2)15(12,13)5-3-14-7(6(5)9)8(10)11/h3-4H,1-2H3,(H2,10,11). The quantitative estimate of drug-likeness (QED) is 0.905. The molecule has 0 aliphatic carbocycles. The molecule has 0 saturated carbocycles. The molecule has 1 rings (SSSR count). The molecule has 0 unspecified atom stereocenters. The maximum absolute atomic E-state index is 11.8. The van der Waals surface area contributed by atoms with Gasteiger partial charge in [0.1, 0.15) is 4.88 Å². The van der Waals surface area contributed by atoms with Crippen molar-refractivity contribution in [2.75, 3.05) is 0 Å². The molecule has 7 heteroatoms. The highest BCUT2D eigenvalue weighted by Crippen LogP contribution is 2.33. The fraction of sp³-hybridized carbons (Fsp3) is 0.375. The molecule has 0 spiro atoms. The predicted molar refractivity (Wildman–Crippen MR) is 60.2 cm³/mol. The van der Waals surface area contributed by atoms with Gasteiger partial charge in [-0.1, -0.05) is 11.6 Å². The van der Waals surface area contributed by atoms with E-state index in [1.165, 1.54) is 5.38 Å². The van der Waals surface area contributed by atoms with E-state index in [1.54, 1.807) is 13.8 Å². The van der Waals surface area contributed by atoms with Gasteiger partial charge in [0.2, 0.25) is 0 Å². The Kier molecular flexibility index (Phi) is 3.42. The Balaban J connectivity index is 3.37. The third-order valence-corrected chi connectivity index (χ3v) is 5.79. The fourth-order valence-electron chi connectivity index (χ4n) is 0.940. The molecule has 4 nitrogen and oxygen atoms in total. The highest BCUT2D eigenvalue weighted by molar-refractivity contribution is 7.92. The Labute approximate surface area is 97.0 Å². The molecule has 0 atom stereocenters. The number of halogens is 1. The van der Waals surface area contributed by atoms with Gasteiger partial charge in [0.05, 0.1) is 15.2 Å². The van der Waals surface area contributed by atoms with Crippen LogP contribution >= 0.6 is 22.9 Å². The lowest BCUT2D eigenvalue weighted by molar-refractivity contribution is 0.100. The van der Waals surface area contributed by atoms with Gasteiger partial charge in [0.25, 0.3) is 5.91 Å². The average molecular weight is 268 g/mol. The summed E-state index contributed by atoms with van der Waals surface area (Å²) in [5.41, 5.74) is 5.04. The number of sulfone groups is 1. The average Bonchev–Trinajstić information content (AvgIpc) is 2.46. The van der Waals surface area contributed by atoms with Crippen LogP contribution in [0.15, 0.2) is 10.3 Å². The van der Waals surface area contributed by atoms with Crippen LogP contribution < -0.4 is 5.73 Å². The molecule has 1 aromatic rings. The molecule has 0 radical (unpaired) electrons. The zero-order valence-electron chi connectivity index (χ0n) is 8.15. The summed E-state index contributed by atoms with van der Waals surface area (Å²) in [6.07, 6.45) is 0. The second kappa shape index (κ2) is 4.11. The summed E-state index contributed by atoms with van der Waals surface area (Å²) in [4.78, 5) is 10.9. The maximum atomic E-state index is 11.8. The van der Waals surface area contributed by atoms with Gasteiger partial charge in [-0.25, -0.2) is 8.42 Å². The van der Waals surface area contributed by atoms with Gasteiger partial charge >= 0.3 is 0 Å². The van der Waals surface area contributed by atoms with Gasteiger partial charge in [-0.2, -0.15) is 0 Å². The van der Waals surface area contributed by atoms with E-state index in [4.69, 9.17) is 17.3 Å². The molecule has 0 saturated heterocycles. The second-order valence-corrected chi connectivity index (χ2v) is 6.93. The third kappa shape index (κ3) is 2.16. The first kappa shape index (κ1) is 12.5. The number of amides is 1. The minimum atomic E-state index is -3.45. The Morgan fingerprint density at radius 1 is 1.53 bits per heavy atom. The van der Waals surface area contributed by atoms with Crippen LogP contribution in [-0.2, 0) is 9.84 Å². The van der Waals surface area contributed by atoms with Crippen molar-refractivity contribution in [2.45, 2.75) is 24.0 Å². The highest BCUT2D eigenvalue weighted by atomic mass is 35.5. The second-order valence-electron chi connectivity index (χ2n) is 3.20. The van der Waals surface area contributed by atoms with E-state index in [9.17, 15) is 13.2 Å². The molecule has 15 heavy (non-hydrogen) atoms. The van der Waals surface area contributed by atoms with Crippen LogP contribution in [0.1, 0.15) is 23.5 Å². The molecule has 1 heterocycles. The third-order valence-electron chi connectivity index (χ3n) is 1.85. The van der Waals surface area contributed by atoms with E-state index in [0.29, 0.717) is 0 Å². The fourth-order valence-corrected chi connectivity index (χ4v) is 3.89. The number of primary amides is 1. The number of hydrogen-bond donors (Lipinski definition) is 1. The van der Waals surface area contributed by atoms with Gasteiger partial charge < -0.3 is 5.73 Å². The first-order valence-corrected chi connectivity index (χ1v) is 6.89. The van der Waals surface area contributed by atoms with Crippen LogP contribution in [0.5, 0.6) is 0 Å². The first-order valence-electron chi connectivity index (χ1n) is 4.09. The number of hydrogen-bond acceptors (Lipinski definition) is 4. The van der Waals surface area contributed by atoms with E-state index in [1.807, 2.05) is 0 Å². The zero-order chi connectivity index (χ0) is 11.8. The number of carbonyl (C=O) groups is 1. The van der Waals surface area contributed by atoms with Gasteiger partial charge in [0.15, 0.2) is 9.84 Å². The van der Waals surface area contributed by atoms with Crippen molar-refractivity contribution in [3.8, 4) is 0 Å². The van der Waals surface area contributed by atoms with Crippen LogP contribution in [0.2, 0.25) is 5.02 Å². The molecule has 0 fully saturated rings. The number of nitrogens with two attached hydrogens (primary N) is 1. The lowest BCUT2D eigenvalue weighted by atomic mass is 10.4. The van der Waals surface area contributed by atoms with Crippen LogP contribution in [0, 0.1) is 0 Å². The summed E-state index contributed by atoms with van der Waals surface area (Å²) in [7, 11) is -3.45. The molecule has 84 valence electrons. The summed E-state index contributed by atoms with van der Waals surface area (Å²) < 4.78 is 23.5.